The summed E-state index contributed by atoms with van der Waals surface area (Å²) in [6, 6.07) is 0. The Morgan fingerprint density at radius 2 is 2.00 bits per heavy atom. The molecule has 0 saturated carbocycles. The van der Waals surface area contributed by atoms with Crippen LogP contribution in [0.3, 0.4) is 0 Å². The van der Waals surface area contributed by atoms with E-state index in [2.05, 4.69) is 70.1 Å². The van der Waals surface area contributed by atoms with Gasteiger partial charge in [0.15, 0.2) is 0 Å². The standard InChI is InChI=1S/C15H27NSi/c1-7-8-9-13-10-11-14(12-13)17(5,6)16-15(2,3)4/h8-10,12,16H,7,11H2,1-6H3. The summed E-state index contributed by atoms with van der Waals surface area (Å²) in [4.78, 5) is 3.83. The fourth-order valence-electron chi connectivity index (χ4n) is 2.37. The van der Waals surface area contributed by atoms with Gasteiger partial charge in [-0.3, -0.25) is 0 Å². The Bertz CT molecular complexity index is 354. The van der Waals surface area contributed by atoms with E-state index < -0.39 is 8.24 Å². The van der Waals surface area contributed by atoms with Crippen molar-refractivity contribution < 1.29 is 0 Å². The SMILES string of the molecule is CCC=CC1=CCC([Si](C)(C)NC(C)(C)C)=C1. The normalized spacial score (nSPS) is 17.5. The van der Waals surface area contributed by atoms with E-state index in [1.165, 1.54) is 5.57 Å². The third-order valence-corrected chi connectivity index (χ3v) is 6.26. The summed E-state index contributed by atoms with van der Waals surface area (Å²) >= 11 is 0. The minimum atomic E-state index is -1.46. The van der Waals surface area contributed by atoms with Crippen LogP contribution >= 0.6 is 0 Å². The van der Waals surface area contributed by atoms with Crippen molar-refractivity contribution in [2.45, 2.75) is 59.2 Å². The first-order chi connectivity index (χ1) is 7.74. The summed E-state index contributed by atoms with van der Waals surface area (Å²) in [5.41, 5.74) is 1.59. The number of hydrogen-bond donors (Lipinski definition) is 1. The van der Waals surface area contributed by atoms with Crippen LogP contribution in [-0.4, -0.2) is 13.8 Å². The van der Waals surface area contributed by atoms with Gasteiger partial charge in [0.1, 0.15) is 8.24 Å². The van der Waals surface area contributed by atoms with Crippen LogP contribution in [0.15, 0.2) is 35.1 Å². The van der Waals surface area contributed by atoms with Crippen LogP contribution in [0, 0.1) is 0 Å². The summed E-state index contributed by atoms with van der Waals surface area (Å²) in [5.74, 6) is 0. The van der Waals surface area contributed by atoms with E-state index in [-0.39, 0.29) is 5.54 Å². The van der Waals surface area contributed by atoms with Gasteiger partial charge >= 0.3 is 0 Å². The van der Waals surface area contributed by atoms with Crippen LogP contribution in [0.4, 0.5) is 0 Å². The number of allylic oxidation sites excluding steroid dienone is 6. The van der Waals surface area contributed by atoms with Gasteiger partial charge in [-0.2, -0.15) is 0 Å². The Balaban J connectivity index is 2.73. The van der Waals surface area contributed by atoms with Crippen molar-refractivity contribution in [3.05, 3.63) is 35.1 Å². The summed E-state index contributed by atoms with van der Waals surface area (Å²) < 4.78 is 0. The van der Waals surface area contributed by atoms with Gasteiger partial charge in [-0.1, -0.05) is 49.5 Å². The van der Waals surface area contributed by atoms with Gasteiger partial charge in [-0.25, -0.2) is 0 Å². The van der Waals surface area contributed by atoms with Crippen molar-refractivity contribution in [3.63, 3.8) is 0 Å². The highest BCUT2D eigenvalue weighted by Crippen LogP contribution is 2.27. The molecule has 1 aliphatic rings. The summed E-state index contributed by atoms with van der Waals surface area (Å²) in [6.07, 6.45) is 11.5. The van der Waals surface area contributed by atoms with Crippen molar-refractivity contribution in [2.24, 2.45) is 0 Å². The second-order valence-corrected chi connectivity index (χ2v) is 10.5. The van der Waals surface area contributed by atoms with E-state index in [4.69, 9.17) is 0 Å². The summed E-state index contributed by atoms with van der Waals surface area (Å²) in [5, 5.41) is 1.61. The smallest absolute Gasteiger partial charge is 0.148 e. The molecule has 0 bridgehead atoms. The zero-order chi connectivity index (χ0) is 13.1. The molecule has 1 N–H and O–H groups in total. The first-order valence-corrected chi connectivity index (χ1v) is 9.62. The van der Waals surface area contributed by atoms with E-state index in [0.717, 1.165) is 12.8 Å². The predicted molar refractivity (Wildman–Crippen MR) is 80.6 cm³/mol. The fourth-order valence-corrected chi connectivity index (χ4v) is 5.55. The Morgan fingerprint density at radius 1 is 1.35 bits per heavy atom. The molecule has 0 aromatic carbocycles. The molecule has 17 heavy (non-hydrogen) atoms. The van der Waals surface area contributed by atoms with Crippen LogP contribution in [0.5, 0.6) is 0 Å². The van der Waals surface area contributed by atoms with Crippen molar-refractivity contribution in [1.82, 2.24) is 4.98 Å². The van der Waals surface area contributed by atoms with Crippen LogP contribution in [0.25, 0.3) is 0 Å². The lowest BCUT2D eigenvalue weighted by Gasteiger charge is -2.34. The molecular formula is C15H27NSi. The number of rotatable bonds is 4. The Morgan fingerprint density at radius 3 is 2.53 bits per heavy atom. The van der Waals surface area contributed by atoms with E-state index in [1.54, 1.807) is 5.20 Å². The highest BCUT2D eigenvalue weighted by Gasteiger charge is 2.31. The fraction of sp³-hybridized carbons (Fsp3) is 0.600. The molecule has 1 nitrogen and oxygen atoms in total. The lowest BCUT2D eigenvalue weighted by Crippen LogP contribution is -2.55. The van der Waals surface area contributed by atoms with Crippen molar-refractivity contribution in [2.75, 3.05) is 0 Å². The molecule has 0 fully saturated rings. The maximum absolute atomic E-state index is 3.83. The zero-order valence-electron chi connectivity index (χ0n) is 12.2. The highest BCUT2D eigenvalue weighted by atomic mass is 28.3. The third-order valence-electron chi connectivity index (χ3n) is 2.93. The molecule has 0 radical (unpaired) electrons. The van der Waals surface area contributed by atoms with Gasteiger partial charge in [-0.15, -0.1) is 0 Å². The van der Waals surface area contributed by atoms with Crippen LogP contribution in [-0.2, 0) is 0 Å². The molecular weight excluding hydrogens is 222 g/mol. The maximum Gasteiger partial charge on any atom is 0.148 e. The van der Waals surface area contributed by atoms with E-state index >= 15 is 0 Å². The lowest BCUT2D eigenvalue weighted by atomic mass is 10.1. The minimum Gasteiger partial charge on any atom is -0.329 e. The largest absolute Gasteiger partial charge is 0.329 e. The monoisotopic (exact) mass is 249 g/mol. The second-order valence-electron chi connectivity index (χ2n) is 6.39. The lowest BCUT2D eigenvalue weighted by molar-refractivity contribution is 0.513. The Kier molecular flexibility index (Phi) is 4.56. The van der Waals surface area contributed by atoms with Crippen molar-refractivity contribution in [3.8, 4) is 0 Å². The Labute approximate surface area is 108 Å². The molecule has 0 heterocycles. The molecule has 0 spiro atoms. The molecule has 0 aliphatic heterocycles. The van der Waals surface area contributed by atoms with Gasteiger partial charge in [0.05, 0.1) is 0 Å². The van der Waals surface area contributed by atoms with Gasteiger partial charge in [0.2, 0.25) is 0 Å². The minimum absolute atomic E-state index is 0.207. The average Bonchev–Trinajstić information content (AvgIpc) is 2.59. The van der Waals surface area contributed by atoms with Crippen LogP contribution in [0.2, 0.25) is 13.1 Å². The van der Waals surface area contributed by atoms with E-state index in [1.807, 2.05) is 0 Å². The second kappa shape index (κ2) is 5.36. The molecule has 1 rings (SSSR count). The van der Waals surface area contributed by atoms with E-state index in [0.29, 0.717) is 0 Å². The maximum atomic E-state index is 3.83. The van der Waals surface area contributed by atoms with Gasteiger partial charge in [0.25, 0.3) is 0 Å². The van der Waals surface area contributed by atoms with Crippen LogP contribution in [0.1, 0.15) is 40.5 Å². The van der Waals surface area contributed by atoms with Crippen LogP contribution < -0.4 is 4.98 Å². The van der Waals surface area contributed by atoms with Crippen molar-refractivity contribution >= 4 is 8.24 Å². The molecule has 0 atom stereocenters. The molecule has 0 amide bonds. The first-order valence-electron chi connectivity index (χ1n) is 6.62. The molecule has 2 heteroatoms. The predicted octanol–water partition coefficient (Wildman–Crippen LogP) is 4.34. The molecule has 96 valence electrons. The molecule has 0 aromatic rings. The first kappa shape index (κ1) is 14.5. The average molecular weight is 249 g/mol. The molecule has 0 saturated heterocycles. The number of hydrogen-bond acceptors (Lipinski definition) is 1. The quantitative estimate of drug-likeness (QED) is 0.731. The van der Waals surface area contributed by atoms with Crippen molar-refractivity contribution in [1.29, 1.82) is 0 Å². The van der Waals surface area contributed by atoms with Gasteiger partial charge in [0, 0.05) is 5.54 Å². The molecule has 0 unspecified atom stereocenters. The topological polar surface area (TPSA) is 12.0 Å². The zero-order valence-corrected chi connectivity index (χ0v) is 13.2. The third kappa shape index (κ3) is 4.64. The summed E-state index contributed by atoms with van der Waals surface area (Å²) in [6.45, 7) is 13.7. The highest BCUT2D eigenvalue weighted by molar-refractivity contribution is 6.82. The summed E-state index contributed by atoms with van der Waals surface area (Å²) in [7, 11) is -1.46. The van der Waals surface area contributed by atoms with Gasteiger partial charge in [-0.05, 0) is 39.2 Å². The Hall–Kier alpha value is -0.603. The number of nitrogens with one attached hydrogen (secondary N) is 1. The molecule has 0 aromatic heterocycles. The van der Waals surface area contributed by atoms with Gasteiger partial charge < -0.3 is 4.98 Å². The van der Waals surface area contributed by atoms with E-state index in [9.17, 15) is 0 Å². The molecule has 1 aliphatic carbocycles.